The van der Waals surface area contributed by atoms with Crippen molar-refractivity contribution in [2.45, 2.75) is 19.4 Å². The van der Waals surface area contributed by atoms with E-state index in [9.17, 15) is 4.79 Å². The fraction of sp³-hybridized carbons (Fsp3) is 0.429. The van der Waals surface area contributed by atoms with Crippen LogP contribution in [-0.4, -0.2) is 15.8 Å². The summed E-state index contributed by atoms with van der Waals surface area (Å²) in [6, 6.07) is 0. The first kappa shape index (κ1) is 6.99. The maximum absolute atomic E-state index is 9.91. The predicted octanol–water partition coefficient (Wildman–Crippen LogP) is 0.862. The van der Waals surface area contributed by atoms with Crippen LogP contribution in [0.2, 0.25) is 0 Å². The lowest BCUT2D eigenvalue weighted by molar-refractivity contribution is -0.107. The van der Waals surface area contributed by atoms with Gasteiger partial charge in [0, 0.05) is 25.4 Å². The fourth-order valence-corrected chi connectivity index (χ4v) is 0.776. The van der Waals surface area contributed by atoms with E-state index in [1.807, 2.05) is 10.8 Å². The normalized spacial score (nSPS) is 9.60. The first-order valence-electron chi connectivity index (χ1n) is 3.33. The second kappa shape index (κ2) is 3.82. The van der Waals surface area contributed by atoms with E-state index >= 15 is 0 Å². The van der Waals surface area contributed by atoms with E-state index < -0.39 is 0 Å². The molecule has 0 bridgehead atoms. The Bertz CT molecular complexity index is 181. The highest BCUT2D eigenvalue weighted by Crippen LogP contribution is 1.91. The van der Waals surface area contributed by atoms with Gasteiger partial charge < -0.3 is 9.36 Å². The third-order valence-electron chi connectivity index (χ3n) is 1.30. The van der Waals surface area contributed by atoms with Gasteiger partial charge in [-0.3, -0.25) is 0 Å². The van der Waals surface area contributed by atoms with Gasteiger partial charge in [0.2, 0.25) is 0 Å². The number of imidazole rings is 1. The Morgan fingerprint density at radius 2 is 2.50 bits per heavy atom. The maximum Gasteiger partial charge on any atom is 0.120 e. The number of aryl methyl sites for hydroxylation is 1. The minimum Gasteiger partial charge on any atom is -0.337 e. The van der Waals surface area contributed by atoms with Crippen molar-refractivity contribution in [3.8, 4) is 0 Å². The lowest BCUT2D eigenvalue weighted by atomic mass is 10.3. The molecular weight excluding hydrogens is 128 g/mol. The second-order valence-corrected chi connectivity index (χ2v) is 2.11. The highest BCUT2D eigenvalue weighted by molar-refractivity contribution is 5.48. The molecular formula is C7H10N2O. The molecule has 1 aromatic heterocycles. The van der Waals surface area contributed by atoms with Gasteiger partial charge in [0.15, 0.2) is 0 Å². The Labute approximate surface area is 59.7 Å². The molecule has 3 nitrogen and oxygen atoms in total. The number of carbonyl (C=O) groups excluding carboxylic acids is 1. The molecule has 0 saturated carbocycles. The molecule has 0 aliphatic carbocycles. The van der Waals surface area contributed by atoms with Crippen LogP contribution >= 0.6 is 0 Å². The number of unbranched alkanes of at least 4 members (excludes halogenated alkanes) is 1. The Balaban J connectivity index is 2.21. The first-order chi connectivity index (χ1) is 4.93. The average Bonchev–Trinajstić information content (AvgIpc) is 2.41. The van der Waals surface area contributed by atoms with Crippen LogP contribution < -0.4 is 0 Å². The molecule has 1 aromatic rings. The largest absolute Gasteiger partial charge is 0.337 e. The van der Waals surface area contributed by atoms with E-state index in [0.717, 1.165) is 19.3 Å². The van der Waals surface area contributed by atoms with Crippen LogP contribution in [0, 0.1) is 0 Å². The molecule has 0 aliphatic rings. The number of aromatic nitrogens is 2. The molecule has 0 N–H and O–H groups in total. The zero-order valence-corrected chi connectivity index (χ0v) is 5.73. The molecule has 3 heteroatoms. The van der Waals surface area contributed by atoms with Crippen LogP contribution in [-0.2, 0) is 11.3 Å². The topological polar surface area (TPSA) is 34.9 Å². The predicted molar refractivity (Wildman–Crippen MR) is 37.5 cm³/mol. The number of aldehydes is 1. The van der Waals surface area contributed by atoms with E-state index in [1.54, 1.807) is 12.5 Å². The monoisotopic (exact) mass is 138 g/mol. The molecule has 0 spiro atoms. The summed E-state index contributed by atoms with van der Waals surface area (Å²) in [5.41, 5.74) is 0. The summed E-state index contributed by atoms with van der Waals surface area (Å²) >= 11 is 0. The third-order valence-corrected chi connectivity index (χ3v) is 1.30. The molecule has 54 valence electrons. The van der Waals surface area contributed by atoms with Gasteiger partial charge in [-0.05, 0) is 6.42 Å². The van der Waals surface area contributed by atoms with Crippen LogP contribution in [0.5, 0.6) is 0 Å². The van der Waals surface area contributed by atoms with Crippen molar-refractivity contribution < 1.29 is 4.79 Å². The van der Waals surface area contributed by atoms with Crippen molar-refractivity contribution in [1.82, 2.24) is 9.55 Å². The van der Waals surface area contributed by atoms with E-state index in [0.29, 0.717) is 6.42 Å². The summed E-state index contributed by atoms with van der Waals surface area (Å²) in [5.74, 6) is 0. The molecule has 0 saturated heterocycles. The van der Waals surface area contributed by atoms with Crippen molar-refractivity contribution in [2.75, 3.05) is 0 Å². The molecule has 0 unspecified atom stereocenters. The van der Waals surface area contributed by atoms with Crippen LogP contribution in [0.15, 0.2) is 18.7 Å². The van der Waals surface area contributed by atoms with Gasteiger partial charge in [0.25, 0.3) is 0 Å². The molecule has 1 rings (SSSR count). The quantitative estimate of drug-likeness (QED) is 0.457. The van der Waals surface area contributed by atoms with Crippen molar-refractivity contribution >= 4 is 6.29 Å². The number of hydrogen-bond acceptors (Lipinski definition) is 2. The van der Waals surface area contributed by atoms with Crippen molar-refractivity contribution in [3.05, 3.63) is 18.7 Å². The van der Waals surface area contributed by atoms with Crippen molar-refractivity contribution in [2.24, 2.45) is 0 Å². The summed E-state index contributed by atoms with van der Waals surface area (Å²) in [4.78, 5) is 13.8. The van der Waals surface area contributed by atoms with Gasteiger partial charge >= 0.3 is 0 Å². The third kappa shape index (κ3) is 2.01. The first-order valence-corrected chi connectivity index (χ1v) is 3.33. The van der Waals surface area contributed by atoms with E-state index in [2.05, 4.69) is 4.98 Å². The zero-order valence-electron chi connectivity index (χ0n) is 5.73. The van der Waals surface area contributed by atoms with Crippen LogP contribution in [0.4, 0.5) is 0 Å². The molecule has 0 aromatic carbocycles. The smallest absolute Gasteiger partial charge is 0.120 e. The number of hydrogen-bond donors (Lipinski definition) is 0. The van der Waals surface area contributed by atoms with Gasteiger partial charge in [-0.15, -0.1) is 0 Å². The fourth-order valence-electron chi connectivity index (χ4n) is 0.776. The summed E-state index contributed by atoms with van der Waals surface area (Å²) in [6.07, 6.45) is 7.87. The minimum atomic E-state index is 0.637. The molecule has 0 aliphatic heterocycles. The summed E-state index contributed by atoms with van der Waals surface area (Å²) in [7, 11) is 0. The number of nitrogens with zero attached hydrogens (tertiary/aromatic N) is 2. The molecule has 1 heterocycles. The van der Waals surface area contributed by atoms with Gasteiger partial charge in [0.1, 0.15) is 6.29 Å². The van der Waals surface area contributed by atoms with Crippen molar-refractivity contribution in [1.29, 1.82) is 0 Å². The Morgan fingerprint density at radius 1 is 1.60 bits per heavy atom. The van der Waals surface area contributed by atoms with Gasteiger partial charge in [0.05, 0.1) is 6.33 Å². The highest BCUT2D eigenvalue weighted by atomic mass is 16.1. The lowest BCUT2D eigenvalue weighted by Crippen LogP contribution is -1.93. The summed E-state index contributed by atoms with van der Waals surface area (Å²) in [6.45, 7) is 0.888. The van der Waals surface area contributed by atoms with E-state index in [4.69, 9.17) is 0 Å². The van der Waals surface area contributed by atoms with Gasteiger partial charge in [-0.25, -0.2) is 4.98 Å². The standard InChI is InChI=1S/C7H10N2O/c10-6-2-1-4-9-5-3-8-7-9/h3,5-7H,1-2,4H2. The molecule has 10 heavy (non-hydrogen) atoms. The van der Waals surface area contributed by atoms with Crippen molar-refractivity contribution in [3.63, 3.8) is 0 Å². The molecule has 0 atom stereocenters. The Kier molecular flexibility index (Phi) is 2.67. The number of carbonyl (C=O) groups is 1. The SMILES string of the molecule is O=CCCCn1ccnc1. The maximum atomic E-state index is 9.91. The van der Waals surface area contributed by atoms with Gasteiger partial charge in [-0.2, -0.15) is 0 Å². The molecule has 0 radical (unpaired) electrons. The Hall–Kier alpha value is -1.12. The van der Waals surface area contributed by atoms with E-state index in [1.165, 1.54) is 0 Å². The Morgan fingerprint density at radius 3 is 3.10 bits per heavy atom. The number of rotatable bonds is 4. The molecule has 0 amide bonds. The zero-order chi connectivity index (χ0) is 7.23. The minimum absolute atomic E-state index is 0.637. The van der Waals surface area contributed by atoms with Crippen LogP contribution in [0.3, 0.4) is 0 Å². The molecule has 0 fully saturated rings. The van der Waals surface area contributed by atoms with Crippen LogP contribution in [0.1, 0.15) is 12.8 Å². The van der Waals surface area contributed by atoms with Gasteiger partial charge in [-0.1, -0.05) is 0 Å². The highest BCUT2D eigenvalue weighted by Gasteiger charge is 1.87. The summed E-state index contributed by atoms with van der Waals surface area (Å²) < 4.78 is 1.96. The summed E-state index contributed by atoms with van der Waals surface area (Å²) in [5, 5.41) is 0. The van der Waals surface area contributed by atoms with Crippen LogP contribution in [0.25, 0.3) is 0 Å². The average molecular weight is 138 g/mol. The van der Waals surface area contributed by atoms with E-state index in [-0.39, 0.29) is 0 Å². The second-order valence-electron chi connectivity index (χ2n) is 2.11. The lowest BCUT2D eigenvalue weighted by Gasteiger charge is -1.96.